The summed E-state index contributed by atoms with van der Waals surface area (Å²) in [6, 6.07) is 9.76. The third kappa shape index (κ3) is 3.39. The number of esters is 1. The Morgan fingerprint density at radius 3 is 2.45 bits per heavy atom. The monoisotopic (exact) mass is 270 g/mol. The van der Waals surface area contributed by atoms with E-state index in [-0.39, 0.29) is 5.57 Å². The van der Waals surface area contributed by atoms with Crippen molar-refractivity contribution >= 4 is 17.7 Å². The molecule has 1 heterocycles. The lowest BCUT2D eigenvalue weighted by molar-refractivity contribution is -0.135. The summed E-state index contributed by atoms with van der Waals surface area (Å²) in [6.07, 6.45) is 5.33. The van der Waals surface area contributed by atoms with Crippen molar-refractivity contribution in [3.63, 3.8) is 0 Å². The van der Waals surface area contributed by atoms with Crippen LogP contribution in [-0.4, -0.2) is 26.2 Å². The van der Waals surface area contributed by atoms with Gasteiger partial charge >= 0.3 is 5.97 Å². The van der Waals surface area contributed by atoms with Crippen LogP contribution in [0.25, 0.3) is 6.08 Å². The van der Waals surface area contributed by atoms with Crippen LogP contribution in [0.2, 0.25) is 0 Å². The van der Waals surface area contributed by atoms with E-state index in [0.717, 1.165) is 18.7 Å². The van der Waals surface area contributed by atoms with Crippen molar-refractivity contribution in [2.24, 2.45) is 0 Å². The number of ether oxygens (including phenoxy) is 1. The zero-order valence-electron chi connectivity index (χ0n) is 11.6. The van der Waals surface area contributed by atoms with Crippen LogP contribution in [0.3, 0.4) is 0 Å². The van der Waals surface area contributed by atoms with Crippen LogP contribution in [0.1, 0.15) is 24.8 Å². The smallest absolute Gasteiger partial charge is 0.348 e. The van der Waals surface area contributed by atoms with Gasteiger partial charge < -0.3 is 9.64 Å². The van der Waals surface area contributed by atoms with Gasteiger partial charge in [0, 0.05) is 18.8 Å². The van der Waals surface area contributed by atoms with Gasteiger partial charge in [0.2, 0.25) is 0 Å². The van der Waals surface area contributed by atoms with Crippen molar-refractivity contribution in [3.8, 4) is 6.07 Å². The number of methoxy groups -OCH3 is 1. The number of anilines is 1. The third-order valence-corrected chi connectivity index (χ3v) is 3.45. The van der Waals surface area contributed by atoms with Gasteiger partial charge in [-0.3, -0.25) is 0 Å². The van der Waals surface area contributed by atoms with Crippen molar-refractivity contribution in [3.05, 3.63) is 35.4 Å². The number of carbonyl (C=O) groups is 1. The zero-order chi connectivity index (χ0) is 14.4. The molecule has 4 heteroatoms. The molecule has 0 N–H and O–H groups in total. The lowest BCUT2D eigenvalue weighted by Gasteiger charge is -2.28. The highest BCUT2D eigenvalue weighted by atomic mass is 16.5. The van der Waals surface area contributed by atoms with E-state index in [0.29, 0.717) is 0 Å². The molecule has 104 valence electrons. The topological polar surface area (TPSA) is 53.3 Å². The van der Waals surface area contributed by atoms with Crippen LogP contribution < -0.4 is 4.90 Å². The van der Waals surface area contributed by atoms with Crippen LogP contribution >= 0.6 is 0 Å². The fourth-order valence-electron chi connectivity index (χ4n) is 2.35. The lowest BCUT2D eigenvalue weighted by Crippen LogP contribution is -2.29. The molecule has 0 atom stereocenters. The third-order valence-electron chi connectivity index (χ3n) is 3.45. The molecule has 0 aliphatic carbocycles. The molecule has 0 aromatic heterocycles. The van der Waals surface area contributed by atoms with E-state index < -0.39 is 5.97 Å². The Morgan fingerprint density at radius 1 is 1.25 bits per heavy atom. The second kappa shape index (κ2) is 6.76. The minimum Gasteiger partial charge on any atom is -0.465 e. The maximum absolute atomic E-state index is 11.3. The highest BCUT2D eigenvalue weighted by Crippen LogP contribution is 2.21. The van der Waals surface area contributed by atoms with Crippen LogP contribution in [0.5, 0.6) is 0 Å². The molecule has 2 rings (SSSR count). The van der Waals surface area contributed by atoms with E-state index in [9.17, 15) is 4.79 Å². The van der Waals surface area contributed by atoms with Crippen LogP contribution in [-0.2, 0) is 9.53 Å². The van der Waals surface area contributed by atoms with Gasteiger partial charge in [-0.25, -0.2) is 4.79 Å². The Labute approximate surface area is 119 Å². The summed E-state index contributed by atoms with van der Waals surface area (Å²) in [6.45, 7) is 2.20. The zero-order valence-corrected chi connectivity index (χ0v) is 11.6. The molecule has 1 aromatic rings. The Bertz CT molecular complexity index is 535. The maximum atomic E-state index is 11.3. The number of nitrogens with zero attached hydrogens (tertiary/aromatic N) is 2. The fourth-order valence-corrected chi connectivity index (χ4v) is 2.35. The first-order chi connectivity index (χ1) is 9.74. The SMILES string of the molecule is COC(=O)/C(C#N)=C\c1ccc(N2CCCCC2)cc1. The summed E-state index contributed by atoms with van der Waals surface area (Å²) >= 11 is 0. The second-order valence-corrected chi connectivity index (χ2v) is 4.80. The Hall–Kier alpha value is -2.28. The summed E-state index contributed by atoms with van der Waals surface area (Å²) in [5.74, 6) is -0.604. The molecule has 0 saturated carbocycles. The van der Waals surface area contributed by atoms with E-state index >= 15 is 0 Å². The van der Waals surface area contributed by atoms with Crippen molar-refractivity contribution < 1.29 is 9.53 Å². The molecule has 4 nitrogen and oxygen atoms in total. The summed E-state index contributed by atoms with van der Waals surface area (Å²) in [5.41, 5.74) is 2.03. The highest BCUT2D eigenvalue weighted by molar-refractivity contribution is 5.97. The van der Waals surface area contributed by atoms with E-state index in [1.54, 1.807) is 6.08 Å². The summed E-state index contributed by atoms with van der Waals surface area (Å²) < 4.78 is 4.56. The molecule has 1 fully saturated rings. The standard InChI is InChI=1S/C16H18N2O2/c1-20-16(19)14(12-17)11-13-5-7-15(8-6-13)18-9-3-2-4-10-18/h5-8,11H,2-4,9-10H2,1H3/b14-11-. The molecule has 1 aliphatic heterocycles. The quantitative estimate of drug-likeness (QED) is 0.481. The van der Waals surface area contributed by atoms with Gasteiger partial charge in [-0.15, -0.1) is 0 Å². The molecule has 1 aliphatic rings. The normalized spacial score (nSPS) is 15.6. The molecular formula is C16H18N2O2. The largest absolute Gasteiger partial charge is 0.465 e. The highest BCUT2D eigenvalue weighted by Gasteiger charge is 2.11. The molecule has 0 radical (unpaired) electrons. The number of piperidine rings is 1. The first kappa shape index (κ1) is 14.1. The van der Waals surface area contributed by atoms with Gasteiger partial charge in [0.25, 0.3) is 0 Å². The molecule has 1 aromatic carbocycles. The van der Waals surface area contributed by atoms with Crippen LogP contribution in [0.15, 0.2) is 29.8 Å². The predicted octanol–water partition coefficient (Wildman–Crippen LogP) is 2.76. The van der Waals surface area contributed by atoms with Crippen LogP contribution in [0.4, 0.5) is 5.69 Å². The van der Waals surface area contributed by atoms with E-state index in [2.05, 4.69) is 9.64 Å². The molecule has 0 unspecified atom stereocenters. The Balaban J connectivity index is 2.13. The van der Waals surface area contributed by atoms with Crippen molar-refractivity contribution in [2.45, 2.75) is 19.3 Å². The van der Waals surface area contributed by atoms with Crippen molar-refractivity contribution in [1.29, 1.82) is 5.26 Å². The first-order valence-electron chi connectivity index (χ1n) is 6.79. The number of hydrogen-bond donors (Lipinski definition) is 0. The maximum Gasteiger partial charge on any atom is 0.348 e. The number of hydrogen-bond acceptors (Lipinski definition) is 4. The van der Waals surface area contributed by atoms with Gasteiger partial charge in [0.15, 0.2) is 0 Å². The number of carbonyl (C=O) groups excluding carboxylic acids is 1. The average molecular weight is 270 g/mol. The average Bonchev–Trinajstić information content (AvgIpc) is 2.53. The van der Waals surface area contributed by atoms with E-state index in [4.69, 9.17) is 5.26 Å². The van der Waals surface area contributed by atoms with Crippen molar-refractivity contribution in [2.75, 3.05) is 25.1 Å². The fraction of sp³-hybridized carbons (Fsp3) is 0.375. The summed E-state index contributed by atoms with van der Waals surface area (Å²) in [5, 5.41) is 8.92. The van der Waals surface area contributed by atoms with Gasteiger partial charge in [-0.1, -0.05) is 12.1 Å². The minimum absolute atomic E-state index is 0.0122. The Morgan fingerprint density at radius 2 is 1.90 bits per heavy atom. The van der Waals surface area contributed by atoms with Crippen LogP contribution in [0, 0.1) is 11.3 Å². The predicted molar refractivity (Wildman–Crippen MR) is 78.1 cm³/mol. The van der Waals surface area contributed by atoms with Gasteiger partial charge in [0.05, 0.1) is 7.11 Å². The number of rotatable bonds is 3. The molecule has 1 saturated heterocycles. The van der Waals surface area contributed by atoms with E-state index in [1.807, 2.05) is 30.3 Å². The molecule has 20 heavy (non-hydrogen) atoms. The van der Waals surface area contributed by atoms with E-state index in [1.165, 1.54) is 32.1 Å². The molecule has 0 bridgehead atoms. The minimum atomic E-state index is -0.604. The molecular weight excluding hydrogens is 252 g/mol. The number of benzene rings is 1. The molecule has 0 amide bonds. The summed E-state index contributed by atoms with van der Waals surface area (Å²) in [7, 11) is 1.27. The lowest BCUT2D eigenvalue weighted by atomic mass is 10.1. The first-order valence-corrected chi connectivity index (χ1v) is 6.79. The second-order valence-electron chi connectivity index (χ2n) is 4.80. The Kier molecular flexibility index (Phi) is 4.78. The van der Waals surface area contributed by atoms with Gasteiger partial charge in [-0.2, -0.15) is 5.26 Å². The van der Waals surface area contributed by atoms with Gasteiger partial charge in [-0.05, 0) is 43.0 Å². The van der Waals surface area contributed by atoms with Crippen molar-refractivity contribution in [1.82, 2.24) is 0 Å². The summed E-state index contributed by atoms with van der Waals surface area (Å²) in [4.78, 5) is 13.7. The molecule has 0 spiro atoms. The van der Waals surface area contributed by atoms with Gasteiger partial charge in [0.1, 0.15) is 11.6 Å². The number of nitriles is 1.